The number of carbonyl (C=O) groups is 1. The fourth-order valence-corrected chi connectivity index (χ4v) is 4.31. The van der Waals surface area contributed by atoms with Crippen molar-refractivity contribution in [1.29, 1.82) is 0 Å². The van der Waals surface area contributed by atoms with Gasteiger partial charge < -0.3 is 10.6 Å². The van der Waals surface area contributed by atoms with Crippen LogP contribution in [0.25, 0.3) is 27.6 Å². The predicted molar refractivity (Wildman–Crippen MR) is 127 cm³/mol. The van der Waals surface area contributed by atoms with E-state index in [2.05, 4.69) is 25.6 Å². The molecular formula is C24H17F3N6OS. The number of aromatic nitrogens is 4. The summed E-state index contributed by atoms with van der Waals surface area (Å²) in [5, 5.41) is 7.34. The quantitative estimate of drug-likeness (QED) is 0.318. The Morgan fingerprint density at radius 2 is 1.80 bits per heavy atom. The highest BCUT2D eigenvalue weighted by Crippen LogP contribution is 2.33. The van der Waals surface area contributed by atoms with Gasteiger partial charge in [-0.2, -0.15) is 0 Å². The van der Waals surface area contributed by atoms with Crippen LogP contribution in [0.2, 0.25) is 0 Å². The second-order valence-electron chi connectivity index (χ2n) is 7.42. The average Bonchev–Trinajstić information content (AvgIpc) is 3.43. The number of fused-ring (bicyclic) bond motifs is 1. The number of carbonyl (C=O) groups excluding carboxylic acids is 1. The Hall–Kier alpha value is -4.25. The Balaban J connectivity index is 1.33. The molecule has 0 spiro atoms. The third-order valence-corrected chi connectivity index (χ3v) is 5.90. The van der Waals surface area contributed by atoms with Gasteiger partial charge in [-0.15, -0.1) is 11.3 Å². The van der Waals surface area contributed by atoms with Gasteiger partial charge in [-0.3, -0.25) is 9.20 Å². The number of anilines is 1. The predicted octanol–water partition coefficient (Wildman–Crippen LogP) is 4.78. The molecule has 2 N–H and O–H groups in total. The van der Waals surface area contributed by atoms with E-state index in [4.69, 9.17) is 0 Å². The van der Waals surface area contributed by atoms with Crippen LogP contribution >= 0.6 is 11.3 Å². The Labute approximate surface area is 201 Å². The van der Waals surface area contributed by atoms with Gasteiger partial charge in [0.05, 0.1) is 11.4 Å². The lowest BCUT2D eigenvalue weighted by Crippen LogP contribution is -2.30. The zero-order chi connectivity index (χ0) is 24.4. The molecule has 5 aromatic rings. The van der Waals surface area contributed by atoms with Crippen LogP contribution in [-0.2, 0) is 0 Å². The van der Waals surface area contributed by atoms with E-state index in [1.165, 1.54) is 29.5 Å². The summed E-state index contributed by atoms with van der Waals surface area (Å²) in [6.45, 7) is 0.290. The second kappa shape index (κ2) is 9.55. The van der Waals surface area contributed by atoms with Gasteiger partial charge in [-0.05, 0) is 30.3 Å². The number of nitrogens with one attached hydrogen (secondary N) is 2. The van der Waals surface area contributed by atoms with E-state index in [1.807, 2.05) is 16.0 Å². The van der Waals surface area contributed by atoms with Crippen LogP contribution in [0.3, 0.4) is 0 Å². The summed E-state index contributed by atoms with van der Waals surface area (Å²) in [6.07, 6.45) is 3.43. The molecule has 11 heteroatoms. The molecule has 3 aromatic heterocycles. The fraction of sp³-hybridized carbons (Fsp3) is 0.0833. The van der Waals surface area contributed by atoms with Crippen molar-refractivity contribution in [3.05, 3.63) is 89.3 Å². The van der Waals surface area contributed by atoms with Crippen molar-refractivity contribution in [3.63, 3.8) is 0 Å². The second-order valence-corrected chi connectivity index (χ2v) is 8.29. The first-order chi connectivity index (χ1) is 17.0. The molecule has 0 aliphatic heterocycles. The molecule has 176 valence electrons. The summed E-state index contributed by atoms with van der Waals surface area (Å²) in [5.41, 5.74) is 1.81. The lowest BCUT2D eigenvalue weighted by Gasteiger charge is -2.09. The molecule has 0 fully saturated rings. The van der Waals surface area contributed by atoms with Crippen LogP contribution in [0, 0.1) is 17.5 Å². The highest BCUT2D eigenvalue weighted by Gasteiger charge is 2.19. The van der Waals surface area contributed by atoms with Gasteiger partial charge >= 0.3 is 0 Å². The van der Waals surface area contributed by atoms with Crippen molar-refractivity contribution in [2.75, 3.05) is 18.4 Å². The van der Waals surface area contributed by atoms with Gasteiger partial charge in [0.1, 0.15) is 28.7 Å². The molecule has 0 saturated carbocycles. The van der Waals surface area contributed by atoms with Gasteiger partial charge in [-0.25, -0.2) is 28.1 Å². The number of imidazole rings is 1. The monoisotopic (exact) mass is 494 g/mol. The minimum Gasteiger partial charge on any atom is -0.352 e. The van der Waals surface area contributed by atoms with Crippen molar-refractivity contribution in [3.8, 4) is 22.6 Å². The molecule has 0 radical (unpaired) electrons. The van der Waals surface area contributed by atoms with E-state index < -0.39 is 23.1 Å². The SMILES string of the molecule is O=C(NCCNc1nccc(-c2c(-c3cccc(F)c3)nc3sccn23)n1)c1c(F)cccc1F. The average molecular weight is 495 g/mol. The smallest absolute Gasteiger partial charge is 0.257 e. The number of hydrogen-bond acceptors (Lipinski definition) is 6. The van der Waals surface area contributed by atoms with Gasteiger partial charge in [0.25, 0.3) is 5.91 Å². The largest absolute Gasteiger partial charge is 0.352 e. The molecular weight excluding hydrogens is 477 g/mol. The molecule has 0 aliphatic rings. The van der Waals surface area contributed by atoms with Crippen molar-refractivity contribution in [2.24, 2.45) is 0 Å². The number of nitrogens with zero attached hydrogens (tertiary/aromatic N) is 4. The summed E-state index contributed by atoms with van der Waals surface area (Å²) in [4.78, 5) is 26.2. The maximum atomic E-state index is 13.9. The third kappa shape index (κ3) is 4.58. The van der Waals surface area contributed by atoms with Crippen molar-refractivity contribution in [2.45, 2.75) is 0 Å². The van der Waals surface area contributed by atoms with Crippen LogP contribution in [0.15, 0.2) is 66.3 Å². The standard InChI is InChI=1S/C24H17F3N6OS/c25-15-4-1-3-14(13-15)20-21(33-11-12-35-24(33)32-20)18-7-8-29-23(31-18)30-10-9-28-22(34)19-16(26)5-2-6-17(19)27/h1-8,11-13H,9-10H2,(H,28,34)(H,29,30,31). The van der Waals surface area contributed by atoms with E-state index in [0.29, 0.717) is 22.6 Å². The minimum absolute atomic E-state index is 0.0796. The molecule has 0 saturated heterocycles. The molecule has 0 atom stereocenters. The van der Waals surface area contributed by atoms with Crippen molar-refractivity contribution in [1.82, 2.24) is 24.7 Å². The van der Waals surface area contributed by atoms with Gasteiger partial charge in [0.2, 0.25) is 5.95 Å². The Morgan fingerprint density at radius 3 is 2.60 bits per heavy atom. The van der Waals surface area contributed by atoms with E-state index in [1.54, 1.807) is 24.4 Å². The summed E-state index contributed by atoms with van der Waals surface area (Å²) in [5.74, 6) is -2.80. The van der Waals surface area contributed by atoms with E-state index >= 15 is 0 Å². The topological polar surface area (TPSA) is 84.2 Å². The van der Waals surface area contributed by atoms with Gasteiger partial charge in [0.15, 0.2) is 4.96 Å². The fourth-order valence-electron chi connectivity index (χ4n) is 3.60. The van der Waals surface area contributed by atoms with Crippen LogP contribution < -0.4 is 10.6 Å². The van der Waals surface area contributed by atoms with E-state index in [0.717, 1.165) is 17.1 Å². The van der Waals surface area contributed by atoms with Crippen LogP contribution in [0.4, 0.5) is 19.1 Å². The van der Waals surface area contributed by atoms with E-state index in [-0.39, 0.29) is 24.9 Å². The lowest BCUT2D eigenvalue weighted by molar-refractivity contribution is 0.0946. The molecule has 0 bridgehead atoms. The van der Waals surface area contributed by atoms with E-state index in [9.17, 15) is 18.0 Å². The molecule has 0 unspecified atom stereocenters. The number of thiazole rings is 1. The number of amides is 1. The summed E-state index contributed by atoms with van der Waals surface area (Å²) in [6, 6.07) is 11.1. The zero-order valence-electron chi connectivity index (χ0n) is 18.0. The molecule has 7 nitrogen and oxygen atoms in total. The molecule has 5 rings (SSSR count). The highest BCUT2D eigenvalue weighted by atomic mass is 32.1. The lowest BCUT2D eigenvalue weighted by atomic mass is 10.1. The van der Waals surface area contributed by atoms with Crippen molar-refractivity contribution < 1.29 is 18.0 Å². The minimum atomic E-state index is -0.929. The van der Waals surface area contributed by atoms with Crippen LogP contribution in [-0.4, -0.2) is 38.3 Å². The molecule has 1 amide bonds. The summed E-state index contributed by atoms with van der Waals surface area (Å²) < 4.78 is 43.3. The van der Waals surface area contributed by atoms with Crippen LogP contribution in [0.5, 0.6) is 0 Å². The van der Waals surface area contributed by atoms with Gasteiger partial charge in [0, 0.05) is 36.4 Å². The first-order valence-corrected chi connectivity index (χ1v) is 11.4. The first-order valence-electron chi connectivity index (χ1n) is 10.5. The number of hydrogen-bond donors (Lipinski definition) is 2. The molecule has 0 aliphatic carbocycles. The first kappa shape index (κ1) is 22.5. The number of rotatable bonds is 7. The summed E-state index contributed by atoms with van der Waals surface area (Å²) in [7, 11) is 0. The maximum absolute atomic E-state index is 13.9. The molecule has 35 heavy (non-hydrogen) atoms. The summed E-state index contributed by atoms with van der Waals surface area (Å²) >= 11 is 1.45. The van der Waals surface area contributed by atoms with Crippen LogP contribution in [0.1, 0.15) is 10.4 Å². The zero-order valence-corrected chi connectivity index (χ0v) is 18.8. The normalized spacial score (nSPS) is 11.1. The maximum Gasteiger partial charge on any atom is 0.257 e. The van der Waals surface area contributed by atoms with Gasteiger partial charge in [-0.1, -0.05) is 18.2 Å². The number of benzene rings is 2. The Kier molecular flexibility index (Phi) is 6.15. The number of halogens is 3. The van der Waals surface area contributed by atoms with Crippen molar-refractivity contribution >= 4 is 28.2 Å². The Bertz CT molecular complexity index is 1510. The highest BCUT2D eigenvalue weighted by molar-refractivity contribution is 7.15. The molecule has 2 aromatic carbocycles. The molecule has 3 heterocycles. The third-order valence-electron chi connectivity index (χ3n) is 5.14. The Morgan fingerprint density at radius 1 is 1.00 bits per heavy atom.